The number of nitrogens with zero attached hydrogens (tertiary/aromatic N) is 2. The van der Waals surface area contributed by atoms with Crippen molar-refractivity contribution in [1.82, 2.24) is 9.88 Å². The Kier molecular flexibility index (Phi) is 4.58. The van der Waals surface area contributed by atoms with E-state index in [0.717, 1.165) is 11.4 Å². The number of carbonyl (C=O) groups excluding carboxylic acids is 1. The molecule has 2 aromatic rings. The van der Waals surface area contributed by atoms with Gasteiger partial charge < -0.3 is 10.2 Å². The highest BCUT2D eigenvalue weighted by Crippen LogP contribution is 2.13. The minimum atomic E-state index is -0.0566. The zero-order valence-corrected chi connectivity index (χ0v) is 12.2. The number of hydrogen-bond donors (Lipinski definition) is 1. The number of pyridine rings is 1. The third kappa shape index (κ3) is 3.71. The second kappa shape index (κ2) is 6.39. The molecule has 0 saturated carbocycles. The minimum absolute atomic E-state index is 0.0566. The summed E-state index contributed by atoms with van der Waals surface area (Å²) < 4.78 is 0. The van der Waals surface area contributed by atoms with E-state index >= 15 is 0 Å². The Hall–Kier alpha value is -2.07. The third-order valence-corrected chi connectivity index (χ3v) is 3.01. The number of halogens is 1. The smallest absolute Gasteiger partial charge is 0.254 e. The van der Waals surface area contributed by atoms with Crippen LogP contribution in [0.25, 0.3) is 0 Å². The summed E-state index contributed by atoms with van der Waals surface area (Å²) in [5.74, 6) is 0.666. The van der Waals surface area contributed by atoms with Gasteiger partial charge in [-0.15, -0.1) is 0 Å². The largest absolute Gasteiger partial charge is 0.366 e. The molecule has 2 rings (SSSR count). The molecule has 1 aromatic heterocycles. The van der Waals surface area contributed by atoms with E-state index in [2.05, 4.69) is 10.3 Å². The van der Waals surface area contributed by atoms with Crippen LogP contribution in [0.1, 0.15) is 15.9 Å². The van der Waals surface area contributed by atoms with Gasteiger partial charge in [-0.3, -0.25) is 4.79 Å². The van der Waals surface area contributed by atoms with Gasteiger partial charge in [0.15, 0.2) is 0 Å². The van der Waals surface area contributed by atoms with Gasteiger partial charge in [-0.25, -0.2) is 4.98 Å². The van der Waals surface area contributed by atoms with Gasteiger partial charge in [-0.1, -0.05) is 23.7 Å². The SMILES string of the molecule is CN(C)C(=O)c1ccc(NCc2cccc(Cl)c2)nc1. The molecular formula is C15H16ClN3O. The highest BCUT2D eigenvalue weighted by molar-refractivity contribution is 6.30. The van der Waals surface area contributed by atoms with E-state index in [1.165, 1.54) is 4.90 Å². The van der Waals surface area contributed by atoms with Crippen LogP contribution in [-0.4, -0.2) is 29.9 Å². The Morgan fingerprint density at radius 2 is 2.10 bits per heavy atom. The van der Waals surface area contributed by atoms with Crippen molar-refractivity contribution in [3.8, 4) is 0 Å². The molecule has 20 heavy (non-hydrogen) atoms. The van der Waals surface area contributed by atoms with Crippen molar-refractivity contribution in [3.63, 3.8) is 0 Å². The summed E-state index contributed by atoms with van der Waals surface area (Å²) in [6, 6.07) is 11.2. The summed E-state index contributed by atoms with van der Waals surface area (Å²) in [6.45, 7) is 0.633. The lowest BCUT2D eigenvalue weighted by Gasteiger charge is -2.10. The van der Waals surface area contributed by atoms with Crippen molar-refractivity contribution in [2.45, 2.75) is 6.54 Å². The molecule has 0 unspecified atom stereocenters. The summed E-state index contributed by atoms with van der Waals surface area (Å²) >= 11 is 5.93. The molecule has 1 aromatic carbocycles. The van der Waals surface area contributed by atoms with Gasteiger partial charge in [0.2, 0.25) is 0 Å². The van der Waals surface area contributed by atoms with Crippen LogP contribution in [0.3, 0.4) is 0 Å². The Morgan fingerprint density at radius 1 is 1.30 bits per heavy atom. The molecule has 5 heteroatoms. The van der Waals surface area contributed by atoms with E-state index in [9.17, 15) is 4.79 Å². The van der Waals surface area contributed by atoms with Crippen LogP contribution >= 0.6 is 11.6 Å². The average Bonchev–Trinajstić information content (AvgIpc) is 2.45. The van der Waals surface area contributed by atoms with Crippen LogP contribution in [0.15, 0.2) is 42.6 Å². The zero-order chi connectivity index (χ0) is 14.5. The Labute approximate surface area is 123 Å². The van der Waals surface area contributed by atoms with Crippen LogP contribution in [0.2, 0.25) is 5.02 Å². The molecule has 0 radical (unpaired) electrons. The molecule has 0 aliphatic heterocycles. The fourth-order valence-electron chi connectivity index (χ4n) is 1.72. The number of benzene rings is 1. The van der Waals surface area contributed by atoms with Crippen LogP contribution in [0, 0.1) is 0 Å². The predicted molar refractivity (Wildman–Crippen MR) is 81.0 cm³/mol. The van der Waals surface area contributed by atoms with Gasteiger partial charge in [-0.05, 0) is 29.8 Å². The minimum Gasteiger partial charge on any atom is -0.366 e. The van der Waals surface area contributed by atoms with Gasteiger partial charge in [0.1, 0.15) is 5.82 Å². The number of amides is 1. The number of rotatable bonds is 4. The molecule has 104 valence electrons. The zero-order valence-electron chi connectivity index (χ0n) is 11.4. The number of hydrogen-bond acceptors (Lipinski definition) is 3. The molecular weight excluding hydrogens is 274 g/mol. The Morgan fingerprint density at radius 3 is 2.70 bits per heavy atom. The molecule has 1 amide bonds. The van der Waals surface area contributed by atoms with Crippen molar-refractivity contribution in [2.75, 3.05) is 19.4 Å². The normalized spacial score (nSPS) is 10.2. The molecule has 0 spiro atoms. The number of aromatic nitrogens is 1. The van der Waals surface area contributed by atoms with Crippen LogP contribution < -0.4 is 5.32 Å². The first kappa shape index (κ1) is 14.3. The molecule has 0 bridgehead atoms. The molecule has 1 N–H and O–H groups in total. The maximum atomic E-state index is 11.7. The van der Waals surface area contributed by atoms with Crippen molar-refractivity contribution in [1.29, 1.82) is 0 Å². The van der Waals surface area contributed by atoms with Crippen molar-refractivity contribution in [2.24, 2.45) is 0 Å². The molecule has 0 aliphatic carbocycles. The summed E-state index contributed by atoms with van der Waals surface area (Å²) in [5, 5.41) is 3.90. The maximum absolute atomic E-state index is 11.7. The van der Waals surface area contributed by atoms with Crippen LogP contribution in [0.4, 0.5) is 5.82 Å². The predicted octanol–water partition coefficient (Wildman–Crippen LogP) is 3.05. The van der Waals surface area contributed by atoms with Gasteiger partial charge in [-0.2, -0.15) is 0 Å². The van der Waals surface area contributed by atoms with Gasteiger partial charge in [0.25, 0.3) is 5.91 Å². The highest BCUT2D eigenvalue weighted by atomic mass is 35.5. The van der Waals surface area contributed by atoms with Gasteiger partial charge >= 0.3 is 0 Å². The highest BCUT2D eigenvalue weighted by Gasteiger charge is 2.07. The topological polar surface area (TPSA) is 45.2 Å². The quantitative estimate of drug-likeness (QED) is 0.941. The van der Waals surface area contributed by atoms with E-state index in [0.29, 0.717) is 17.1 Å². The maximum Gasteiger partial charge on any atom is 0.254 e. The number of nitrogens with one attached hydrogen (secondary N) is 1. The summed E-state index contributed by atoms with van der Waals surface area (Å²) in [5.41, 5.74) is 1.65. The summed E-state index contributed by atoms with van der Waals surface area (Å²) in [7, 11) is 3.43. The van der Waals surface area contributed by atoms with E-state index in [1.807, 2.05) is 24.3 Å². The Balaban J connectivity index is 1.99. The number of carbonyl (C=O) groups is 1. The molecule has 0 aliphatic rings. The van der Waals surface area contributed by atoms with Crippen molar-refractivity contribution >= 4 is 23.3 Å². The molecule has 0 fully saturated rings. The van der Waals surface area contributed by atoms with Crippen molar-refractivity contribution < 1.29 is 4.79 Å². The molecule has 0 atom stereocenters. The third-order valence-electron chi connectivity index (χ3n) is 2.78. The molecule has 0 saturated heterocycles. The fraction of sp³-hybridized carbons (Fsp3) is 0.200. The standard InChI is InChI=1S/C15H16ClN3O/c1-19(2)15(20)12-6-7-14(18-10-12)17-9-11-4-3-5-13(16)8-11/h3-8,10H,9H2,1-2H3,(H,17,18). The first-order valence-corrected chi connectivity index (χ1v) is 6.60. The Bertz CT molecular complexity index is 596. The van der Waals surface area contributed by atoms with Gasteiger partial charge in [0, 0.05) is 31.9 Å². The van der Waals surface area contributed by atoms with Crippen LogP contribution in [0.5, 0.6) is 0 Å². The molecule has 4 nitrogen and oxygen atoms in total. The average molecular weight is 290 g/mol. The van der Waals surface area contributed by atoms with E-state index in [1.54, 1.807) is 32.4 Å². The van der Waals surface area contributed by atoms with E-state index in [4.69, 9.17) is 11.6 Å². The summed E-state index contributed by atoms with van der Waals surface area (Å²) in [4.78, 5) is 17.5. The second-order valence-corrected chi connectivity index (χ2v) is 5.05. The molecule has 1 heterocycles. The fourth-order valence-corrected chi connectivity index (χ4v) is 1.94. The lowest BCUT2D eigenvalue weighted by molar-refractivity contribution is 0.0827. The lowest BCUT2D eigenvalue weighted by atomic mass is 10.2. The first-order chi connectivity index (χ1) is 9.56. The van der Waals surface area contributed by atoms with E-state index in [-0.39, 0.29) is 5.91 Å². The van der Waals surface area contributed by atoms with Crippen LogP contribution in [-0.2, 0) is 6.54 Å². The van der Waals surface area contributed by atoms with Gasteiger partial charge in [0.05, 0.1) is 5.56 Å². The lowest BCUT2D eigenvalue weighted by Crippen LogP contribution is -2.21. The second-order valence-electron chi connectivity index (χ2n) is 4.62. The monoisotopic (exact) mass is 289 g/mol. The summed E-state index contributed by atoms with van der Waals surface area (Å²) in [6.07, 6.45) is 1.57. The van der Waals surface area contributed by atoms with E-state index < -0.39 is 0 Å². The first-order valence-electron chi connectivity index (χ1n) is 6.22. The van der Waals surface area contributed by atoms with Crippen molar-refractivity contribution in [3.05, 3.63) is 58.7 Å². The number of anilines is 1.